The first-order chi connectivity index (χ1) is 6.75. The molecular weight excluding hydrogens is 180 g/mol. The van der Waals surface area contributed by atoms with Crippen LogP contribution >= 0.6 is 0 Å². The molecule has 0 saturated heterocycles. The predicted octanol–water partition coefficient (Wildman–Crippen LogP) is 0.111. The van der Waals surface area contributed by atoms with Crippen LogP contribution in [0.25, 0.3) is 0 Å². The van der Waals surface area contributed by atoms with Crippen LogP contribution in [0.2, 0.25) is 0 Å². The minimum atomic E-state index is 0.0375. The normalized spacial score (nSPS) is 15.2. The van der Waals surface area contributed by atoms with E-state index in [1.807, 2.05) is 17.8 Å². The zero-order chi connectivity index (χ0) is 9.97. The molecule has 0 radical (unpaired) electrons. The highest BCUT2D eigenvalue weighted by Gasteiger charge is 2.22. The molecule has 1 fully saturated rings. The number of amides is 1. The van der Waals surface area contributed by atoms with Gasteiger partial charge >= 0.3 is 0 Å². The molecule has 1 aromatic rings. The number of aromatic nitrogens is 2. The Morgan fingerprint density at radius 1 is 1.71 bits per heavy atom. The van der Waals surface area contributed by atoms with E-state index in [0.717, 1.165) is 18.8 Å². The molecule has 5 nitrogen and oxygen atoms in total. The molecule has 1 heterocycles. The Morgan fingerprint density at radius 3 is 3.07 bits per heavy atom. The summed E-state index contributed by atoms with van der Waals surface area (Å²) >= 11 is 0. The molecule has 1 aromatic heterocycles. The van der Waals surface area contributed by atoms with E-state index in [1.165, 1.54) is 0 Å². The lowest BCUT2D eigenvalue weighted by atomic mass is 10.5. The van der Waals surface area contributed by atoms with E-state index in [4.69, 9.17) is 0 Å². The minimum absolute atomic E-state index is 0.0375. The van der Waals surface area contributed by atoms with Gasteiger partial charge in [-0.2, -0.15) is 0 Å². The predicted molar refractivity (Wildman–Crippen MR) is 52.9 cm³/mol. The van der Waals surface area contributed by atoms with Crippen molar-refractivity contribution in [2.45, 2.75) is 18.9 Å². The van der Waals surface area contributed by atoms with Gasteiger partial charge in [0.1, 0.15) is 0 Å². The van der Waals surface area contributed by atoms with E-state index in [0.29, 0.717) is 12.6 Å². The number of anilines is 1. The molecule has 0 spiro atoms. The first-order valence-corrected chi connectivity index (χ1v) is 4.76. The Kier molecular flexibility index (Phi) is 2.39. The number of nitrogens with one attached hydrogen (secondary N) is 2. The summed E-state index contributed by atoms with van der Waals surface area (Å²) in [5.41, 5.74) is 0. The van der Waals surface area contributed by atoms with Gasteiger partial charge in [-0.15, -0.1) is 0 Å². The van der Waals surface area contributed by atoms with Crippen LogP contribution in [0.1, 0.15) is 12.8 Å². The van der Waals surface area contributed by atoms with E-state index in [2.05, 4.69) is 15.6 Å². The van der Waals surface area contributed by atoms with Crippen molar-refractivity contribution in [3.8, 4) is 0 Å². The number of carbonyl (C=O) groups is 1. The van der Waals surface area contributed by atoms with Gasteiger partial charge in [0.05, 0.1) is 6.54 Å². The van der Waals surface area contributed by atoms with Crippen molar-refractivity contribution < 1.29 is 4.79 Å². The van der Waals surface area contributed by atoms with Gasteiger partial charge in [0, 0.05) is 25.5 Å². The third-order valence-electron chi connectivity index (χ3n) is 2.17. The van der Waals surface area contributed by atoms with Crippen LogP contribution in [0, 0.1) is 0 Å². The van der Waals surface area contributed by atoms with Crippen LogP contribution < -0.4 is 10.6 Å². The molecule has 0 aromatic carbocycles. The second-order valence-corrected chi connectivity index (χ2v) is 3.56. The fourth-order valence-electron chi connectivity index (χ4n) is 1.20. The van der Waals surface area contributed by atoms with E-state index in [1.54, 1.807) is 6.20 Å². The van der Waals surface area contributed by atoms with Crippen molar-refractivity contribution in [3.63, 3.8) is 0 Å². The molecule has 1 aliphatic rings. The zero-order valence-electron chi connectivity index (χ0n) is 8.16. The largest absolute Gasteiger partial charge is 0.352 e. The molecule has 2 N–H and O–H groups in total. The lowest BCUT2D eigenvalue weighted by Gasteiger charge is -2.05. The SMILES string of the molecule is Cn1ccnc1NCC(=O)NC1CC1. The Labute approximate surface area is 82.5 Å². The van der Waals surface area contributed by atoms with E-state index in [-0.39, 0.29) is 5.91 Å². The van der Waals surface area contributed by atoms with Crippen molar-refractivity contribution >= 4 is 11.9 Å². The van der Waals surface area contributed by atoms with Gasteiger partial charge in [-0.1, -0.05) is 0 Å². The van der Waals surface area contributed by atoms with Crippen LogP contribution in [0.5, 0.6) is 0 Å². The van der Waals surface area contributed by atoms with Crippen molar-refractivity contribution in [3.05, 3.63) is 12.4 Å². The molecule has 14 heavy (non-hydrogen) atoms. The van der Waals surface area contributed by atoms with Crippen LogP contribution in [0.15, 0.2) is 12.4 Å². The summed E-state index contributed by atoms with van der Waals surface area (Å²) in [6.07, 6.45) is 5.77. The Balaban J connectivity index is 1.76. The third-order valence-corrected chi connectivity index (χ3v) is 2.17. The van der Waals surface area contributed by atoms with Crippen molar-refractivity contribution in [2.24, 2.45) is 7.05 Å². The molecule has 0 bridgehead atoms. The van der Waals surface area contributed by atoms with Gasteiger partial charge in [-0.25, -0.2) is 4.98 Å². The van der Waals surface area contributed by atoms with Crippen LogP contribution in [0.4, 0.5) is 5.95 Å². The molecule has 76 valence electrons. The Hall–Kier alpha value is -1.52. The molecule has 0 unspecified atom stereocenters. The van der Waals surface area contributed by atoms with Crippen LogP contribution in [-0.4, -0.2) is 28.0 Å². The lowest BCUT2D eigenvalue weighted by Crippen LogP contribution is -2.31. The maximum atomic E-state index is 11.3. The molecular formula is C9H14N4O. The highest BCUT2D eigenvalue weighted by atomic mass is 16.2. The molecule has 1 saturated carbocycles. The molecule has 1 aliphatic carbocycles. The summed E-state index contributed by atoms with van der Waals surface area (Å²) < 4.78 is 1.84. The maximum absolute atomic E-state index is 11.3. The van der Waals surface area contributed by atoms with Crippen LogP contribution in [-0.2, 0) is 11.8 Å². The topological polar surface area (TPSA) is 59.0 Å². The summed E-state index contributed by atoms with van der Waals surface area (Å²) in [7, 11) is 1.88. The molecule has 0 aliphatic heterocycles. The molecule has 1 amide bonds. The standard InChI is InChI=1S/C9H14N4O/c1-13-5-4-10-9(13)11-6-8(14)12-7-2-3-7/h4-5,7H,2-3,6H2,1H3,(H,10,11)(H,12,14). The lowest BCUT2D eigenvalue weighted by molar-refractivity contribution is -0.119. The highest BCUT2D eigenvalue weighted by Crippen LogP contribution is 2.18. The quantitative estimate of drug-likeness (QED) is 0.715. The monoisotopic (exact) mass is 194 g/mol. The van der Waals surface area contributed by atoms with Gasteiger partial charge in [0.2, 0.25) is 11.9 Å². The average Bonchev–Trinajstić information content (AvgIpc) is 2.86. The number of nitrogens with zero attached hydrogens (tertiary/aromatic N) is 2. The smallest absolute Gasteiger partial charge is 0.239 e. The highest BCUT2D eigenvalue weighted by molar-refractivity contribution is 5.80. The zero-order valence-corrected chi connectivity index (χ0v) is 8.16. The number of imidazole rings is 1. The third kappa shape index (κ3) is 2.25. The molecule has 0 atom stereocenters. The molecule has 5 heteroatoms. The summed E-state index contributed by atoms with van der Waals surface area (Å²) in [5, 5.41) is 5.86. The fourth-order valence-corrected chi connectivity index (χ4v) is 1.20. The van der Waals surface area contributed by atoms with Gasteiger partial charge in [-0.3, -0.25) is 4.79 Å². The molecule has 2 rings (SSSR count). The summed E-state index contributed by atoms with van der Waals surface area (Å²) in [6, 6.07) is 0.422. The maximum Gasteiger partial charge on any atom is 0.239 e. The number of hydrogen-bond acceptors (Lipinski definition) is 3. The van der Waals surface area contributed by atoms with E-state index in [9.17, 15) is 4.79 Å². The number of rotatable bonds is 4. The summed E-state index contributed by atoms with van der Waals surface area (Å²) in [4.78, 5) is 15.3. The second-order valence-electron chi connectivity index (χ2n) is 3.56. The van der Waals surface area contributed by atoms with E-state index >= 15 is 0 Å². The number of carbonyl (C=O) groups excluding carboxylic acids is 1. The number of aryl methyl sites for hydroxylation is 1. The second kappa shape index (κ2) is 3.69. The fraction of sp³-hybridized carbons (Fsp3) is 0.556. The first kappa shape index (κ1) is 9.05. The number of hydrogen-bond donors (Lipinski definition) is 2. The van der Waals surface area contributed by atoms with Crippen molar-refractivity contribution in [1.29, 1.82) is 0 Å². The summed E-state index contributed by atoms with van der Waals surface area (Å²) in [5.74, 6) is 0.756. The van der Waals surface area contributed by atoms with Gasteiger partial charge in [0.15, 0.2) is 0 Å². The average molecular weight is 194 g/mol. The first-order valence-electron chi connectivity index (χ1n) is 4.76. The van der Waals surface area contributed by atoms with Crippen molar-refractivity contribution in [2.75, 3.05) is 11.9 Å². The van der Waals surface area contributed by atoms with Gasteiger partial charge < -0.3 is 15.2 Å². The Bertz CT molecular complexity index is 329. The van der Waals surface area contributed by atoms with Gasteiger partial charge in [-0.05, 0) is 12.8 Å². The Morgan fingerprint density at radius 2 is 2.50 bits per heavy atom. The van der Waals surface area contributed by atoms with E-state index < -0.39 is 0 Å². The van der Waals surface area contributed by atoms with Gasteiger partial charge in [0.25, 0.3) is 0 Å². The minimum Gasteiger partial charge on any atom is -0.352 e. The van der Waals surface area contributed by atoms with Crippen LogP contribution in [0.3, 0.4) is 0 Å². The summed E-state index contributed by atoms with van der Waals surface area (Å²) in [6.45, 7) is 0.293. The van der Waals surface area contributed by atoms with Crippen molar-refractivity contribution in [1.82, 2.24) is 14.9 Å².